The van der Waals surface area contributed by atoms with E-state index >= 15 is 0 Å². The van der Waals surface area contributed by atoms with Crippen molar-refractivity contribution in [3.05, 3.63) is 52.8 Å². The van der Waals surface area contributed by atoms with E-state index < -0.39 is 24.0 Å². The minimum atomic E-state index is -4.61. The Morgan fingerprint density at radius 1 is 1.16 bits per heavy atom. The summed E-state index contributed by atoms with van der Waals surface area (Å²) in [6.07, 6.45) is -1.81. The number of piperazine rings is 1. The van der Waals surface area contributed by atoms with Crippen LogP contribution in [0.15, 0.2) is 30.5 Å². The van der Waals surface area contributed by atoms with Gasteiger partial charge in [-0.15, -0.1) is 0 Å². The van der Waals surface area contributed by atoms with E-state index in [0.717, 1.165) is 22.0 Å². The third kappa shape index (κ3) is 4.12. The molecule has 172 valence electrons. The Kier molecular flexibility index (Phi) is 5.77. The first-order valence-corrected chi connectivity index (χ1v) is 10.8. The van der Waals surface area contributed by atoms with Crippen LogP contribution in [0, 0.1) is 11.8 Å². The second-order valence-electron chi connectivity index (χ2n) is 9.17. The first-order chi connectivity index (χ1) is 15.1. The van der Waals surface area contributed by atoms with Crippen molar-refractivity contribution in [3.8, 4) is 0 Å². The summed E-state index contributed by atoms with van der Waals surface area (Å²) in [5.74, 6) is -0.673. The number of amides is 2. The number of rotatable bonds is 5. The van der Waals surface area contributed by atoms with E-state index in [9.17, 15) is 22.8 Å². The minimum Gasteiger partial charge on any atom is -0.342 e. The molecular weight excluding hydrogens is 421 g/mol. The second-order valence-corrected chi connectivity index (χ2v) is 9.17. The van der Waals surface area contributed by atoms with Crippen molar-refractivity contribution in [2.45, 2.75) is 57.9 Å². The molecule has 9 heteroatoms. The SMILES string of the molecule is CC(C)C[C@@H]1C(=O)N[C@H](C2Cc3ccccc3C2)C(=O)N1Cc1cnn(C)c1C(F)(F)F. The Morgan fingerprint density at radius 3 is 2.34 bits per heavy atom. The Hall–Kier alpha value is -2.84. The zero-order chi connectivity index (χ0) is 23.2. The Labute approximate surface area is 184 Å². The van der Waals surface area contributed by atoms with E-state index in [1.165, 1.54) is 11.9 Å². The van der Waals surface area contributed by atoms with Gasteiger partial charge in [-0.25, -0.2) is 0 Å². The maximum atomic E-state index is 13.6. The normalized spacial score (nSPS) is 21.9. The minimum absolute atomic E-state index is 0.0873. The van der Waals surface area contributed by atoms with Crippen LogP contribution < -0.4 is 5.32 Å². The molecule has 1 N–H and O–H groups in total. The van der Waals surface area contributed by atoms with Crippen molar-refractivity contribution >= 4 is 11.8 Å². The highest BCUT2D eigenvalue weighted by molar-refractivity contribution is 5.97. The summed E-state index contributed by atoms with van der Waals surface area (Å²) in [5, 5.41) is 6.65. The van der Waals surface area contributed by atoms with Crippen molar-refractivity contribution in [1.82, 2.24) is 20.0 Å². The highest BCUT2D eigenvalue weighted by atomic mass is 19.4. The van der Waals surface area contributed by atoms with E-state index in [1.807, 2.05) is 38.1 Å². The van der Waals surface area contributed by atoms with Gasteiger partial charge < -0.3 is 10.2 Å². The van der Waals surface area contributed by atoms with Gasteiger partial charge in [-0.1, -0.05) is 38.1 Å². The predicted octanol–water partition coefficient (Wildman–Crippen LogP) is 3.10. The summed E-state index contributed by atoms with van der Waals surface area (Å²) in [6.45, 7) is 3.53. The highest BCUT2D eigenvalue weighted by Crippen LogP contribution is 2.35. The Balaban J connectivity index is 1.65. The number of hydrogen-bond donors (Lipinski definition) is 1. The fourth-order valence-corrected chi connectivity index (χ4v) is 4.95. The average molecular weight is 448 g/mol. The number of carbonyl (C=O) groups excluding carboxylic acids is 2. The van der Waals surface area contributed by atoms with Crippen molar-refractivity contribution < 1.29 is 22.8 Å². The van der Waals surface area contributed by atoms with Gasteiger partial charge in [0.05, 0.1) is 12.7 Å². The zero-order valence-electron chi connectivity index (χ0n) is 18.3. The number of aryl methyl sites for hydroxylation is 1. The fraction of sp³-hybridized carbons (Fsp3) is 0.522. The van der Waals surface area contributed by atoms with Crippen LogP contribution in [0.3, 0.4) is 0 Å². The van der Waals surface area contributed by atoms with Crippen molar-refractivity contribution in [2.24, 2.45) is 18.9 Å². The van der Waals surface area contributed by atoms with E-state index in [-0.39, 0.29) is 35.8 Å². The van der Waals surface area contributed by atoms with Crippen LogP contribution in [-0.4, -0.2) is 38.6 Å². The van der Waals surface area contributed by atoms with Gasteiger partial charge in [0.25, 0.3) is 0 Å². The molecule has 0 unspecified atom stereocenters. The number of halogens is 3. The largest absolute Gasteiger partial charge is 0.433 e. The van der Waals surface area contributed by atoms with Crippen LogP contribution in [0.5, 0.6) is 0 Å². The molecule has 2 aromatic rings. The second kappa shape index (κ2) is 8.26. The molecule has 1 aliphatic heterocycles. The fourth-order valence-electron chi connectivity index (χ4n) is 4.95. The summed E-state index contributed by atoms with van der Waals surface area (Å²) < 4.78 is 41.6. The van der Waals surface area contributed by atoms with Gasteiger partial charge in [0.1, 0.15) is 17.8 Å². The molecule has 0 bridgehead atoms. The number of carbonyl (C=O) groups is 2. The molecule has 32 heavy (non-hydrogen) atoms. The van der Waals surface area contributed by atoms with Crippen molar-refractivity contribution in [3.63, 3.8) is 0 Å². The van der Waals surface area contributed by atoms with Gasteiger partial charge in [-0.05, 0) is 42.2 Å². The van der Waals surface area contributed by atoms with Crippen LogP contribution in [0.1, 0.15) is 42.7 Å². The quantitative estimate of drug-likeness (QED) is 0.765. The molecule has 0 radical (unpaired) electrons. The van der Waals surface area contributed by atoms with E-state index in [0.29, 0.717) is 19.3 Å². The first kappa shape index (κ1) is 22.4. The van der Waals surface area contributed by atoms with Crippen LogP contribution >= 0.6 is 0 Å². The highest BCUT2D eigenvalue weighted by Gasteiger charge is 2.46. The molecule has 2 amide bonds. The summed E-state index contributed by atoms with van der Waals surface area (Å²) in [5.41, 5.74) is 1.28. The number of nitrogens with one attached hydrogen (secondary N) is 1. The van der Waals surface area contributed by atoms with Gasteiger partial charge in [-0.2, -0.15) is 18.3 Å². The van der Waals surface area contributed by atoms with Gasteiger partial charge in [-0.3, -0.25) is 14.3 Å². The molecule has 1 fully saturated rings. The van der Waals surface area contributed by atoms with Crippen molar-refractivity contribution in [2.75, 3.05) is 0 Å². The molecule has 2 atom stereocenters. The lowest BCUT2D eigenvalue weighted by atomic mass is 9.90. The van der Waals surface area contributed by atoms with Crippen molar-refractivity contribution in [1.29, 1.82) is 0 Å². The lowest BCUT2D eigenvalue weighted by Gasteiger charge is -2.41. The number of benzene rings is 1. The molecule has 4 rings (SSSR count). The third-order valence-electron chi connectivity index (χ3n) is 6.40. The number of alkyl halides is 3. The number of nitrogens with zero attached hydrogens (tertiary/aromatic N) is 3. The molecular formula is C23H27F3N4O2. The maximum Gasteiger partial charge on any atom is 0.433 e. The summed E-state index contributed by atoms with van der Waals surface area (Å²) >= 11 is 0. The van der Waals surface area contributed by atoms with E-state index in [4.69, 9.17) is 0 Å². The van der Waals surface area contributed by atoms with Gasteiger partial charge >= 0.3 is 6.18 Å². The number of aromatic nitrogens is 2. The summed E-state index contributed by atoms with van der Waals surface area (Å²) in [7, 11) is 1.22. The molecule has 1 aliphatic carbocycles. The standard InChI is InChI=1S/C23H27F3N4O2/c1-13(2)8-18-21(31)28-19(16-9-14-6-4-5-7-15(14)10-16)22(32)30(18)12-17-11-27-29(3)20(17)23(24,25)26/h4-7,11,13,16,18-19H,8-10,12H2,1-3H3,(H,28,31)/t18-,19-/m1/s1. The molecule has 0 saturated carbocycles. The van der Waals surface area contributed by atoms with Gasteiger partial charge in [0.2, 0.25) is 11.8 Å². The van der Waals surface area contributed by atoms with Crippen LogP contribution in [0.4, 0.5) is 13.2 Å². The zero-order valence-corrected chi connectivity index (χ0v) is 18.3. The molecule has 1 saturated heterocycles. The first-order valence-electron chi connectivity index (χ1n) is 10.8. The molecule has 1 aromatic heterocycles. The molecule has 1 aromatic carbocycles. The lowest BCUT2D eigenvalue weighted by molar-refractivity contribution is -0.153. The van der Waals surface area contributed by atoms with Gasteiger partial charge in [0, 0.05) is 12.6 Å². The predicted molar refractivity (Wildman–Crippen MR) is 111 cm³/mol. The summed E-state index contributed by atoms with van der Waals surface area (Å²) in [4.78, 5) is 28.0. The van der Waals surface area contributed by atoms with Crippen LogP contribution in [0.2, 0.25) is 0 Å². The van der Waals surface area contributed by atoms with Crippen LogP contribution in [0.25, 0.3) is 0 Å². The topological polar surface area (TPSA) is 67.2 Å². The molecule has 2 aliphatic rings. The smallest absolute Gasteiger partial charge is 0.342 e. The third-order valence-corrected chi connectivity index (χ3v) is 6.40. The summed E-state index contributed by atoms with van der Waals surface area (Å²) in [6, 6.07) is 6.32. The Morgan fingerprint density at radius 2 is 1.78 bits per heavy atom. The van der Waals surface area contributed by atoms with E-state index in [2.05, 4.69) is 10.4 Å². The Bertz CT molecular complexity index is 1010. The monoisotopic (exact) mass is 448 g/mol. The number of hydrogen-bond acceptors (Lipinski definition) is 3. The van der Waals surface area contributed by atoms with Crippen LogP contribution in [-0.2, 0) is 42.2 Å². The average Bonchev–Trinajstić information content (AvgIpc) is 3.29. The van der Waals surface area contributed by atoms with E-state index in [1.54, 1.807) is 0 Å². The molecule has 0 spiro atoms. The maximum absolute atomic E-state index is 13.6. The lowest BCUT2D eigenvalue weighted by Crippen LogP contribution is -2.65. The molecule has 2 heterocycles. The molecule has 6 nitrogen and oxygen atoms in total. The number of fused-ring (bicyclic) bond motifs is 1. The van der Waals surface area contributed by atoms with Gasteiger partial charge in [0.15, 0.2) is 0 Å².